The molecule has 0 aliphatic carbocycles. The molecule has 2 aliphatic rings. The van der Waals surface area contributed by atoms with E-state index in [0.717, 1.165) is 4.88 Å². The van der Waals surface area contributed by atoms with Crippen LogP contribution in [0.1, 0.15) is 36.0 Å². The van der Waals surface area contributed by atoms with Gasteiger partial charge in [0.1, 0.15) is 11.9 Å². The van der Waals surface area contributed by atoms with Crippen LogP contribution in [0.5, 0.6) is 0 Å². The number of hydrogen-bond donors (Lipinski definition) is 0. The molecular weight excluding hydrogens is 386 g/mol. The fourth-order valence-electron chi connectivity index (χ4n) is 3.59. The van der Waals surface area contributed by atoms with Gasteiger partial charge in [-0.25, -0.2) is 18.3 Å². The Morgan fingerprint density at radius 3 is 2.88 bits per heavy atom. The standard InChI is InChI=1S/C16H17ClF2N4O2S/c17-12-5-4-10(26-12)8-22-15(25)23-11(2-1-3-13(23)20-22)14(24)21-7-6-16(18,19)9-21/h4-5,11H,1-3,6-9H2. The largest absolute Gasteiger partial charge is 0.347 e. The van der Waals surface area contributed by atoms with Crippen molar-refractivity contribution in [1.82, 2.24) is 19.2 Å². The molecule has 0 radical (unpaired) electrons. The Labute approximate surface area is 157 Å². The lowest BCUT2D eigenvalue weighted by atomic mass is 10.0. The first kappa shape index (κ1) is 17.7. The maximum absolute atomic E-state index is 13.5. The molecule has 1 atom stereocenters. The van der Waals surface area contributed by atoms with Crippen LogP contribution in [0.15, 0.2) is 16.9 Å². The van der Waals surface area contributed by atoms with Crippen LogP contribution >= 0.6 is 22.9 Å². The Morgan fingerprint density at radius 2 is 2.23 bits per heavy atom. The third-order valence-corrected chi connectivity index (χ3v) is 6.05. The number of hydrogen-bond acceptors (Lipinski definition) is 4. The first-order valence-corrected chi connectivity index (χ1v) is 9.62. The van der Waals surface area contributed by atoms with E-state index in [-0.39, 0.29) is 25.2 Å². The van der Waals surface area contributed by atoms with Crippen molar-refractivity contribution in [3.8, 4) is 0 Å². The lowest BCUT2D eigenvalue weighted by Gasteiger charge is -2.27. The molecule has 0 aromatic carbocycles. The number of carbonyl (C=O) groups is 1. The van der Waals surface area contributed by atoms with Crippen molar-refractivity contribution in [1.29, 1.82) is 0 Å². The van der Waals surface area contributed by atoms with Crippen LogP contribution < -0.4 is 5.69 Å². The van der Waals surface area contributed by atoms with E-state index < -0.39 is 24.4 Å². The summed E-state index contributed by atoms with van der Waals surface area (Å²) in [7, 11) is 0. The molecular formula is C16H17ClF2N4O2S. The van der Waals surface area contributed by atoms with Crippen molar-refractivity contribution in [2.45, 2.75) is 44.2 Å². The van der Waals surface area contributed by atoms with E-state index in [1.807, 2.05) is 6.07 Å². The lowest BCUT2D eigenvalue weighted by Crippen LogP contribution is -2.42. The van der Waals surface area contributed by atoms with E-state index in [1.165, 1.54) is 25.5 Å². The Kier molecular flexibility index (Phi) is 4.38. The molecule has 10 heteroatoms. The average Bonchev–Trinajstić information content (AvgIpc) is 3.26. The molecule has 1 saturated heterocycles. The van der Waals surface area contributed by atoms with Gasteiger partial charge in [-0.3, -0.25) is 9.36 Å². The van der Waals surface area contributed by atoms with Crippen molar-refractivity contribution >= 4 is 28.8 Å². The fraction of sp³-hybridized carbons (Fsp3) is 0.562. The average molecular weight is 403 g/mol. The summed E-state index contributed by atoms with van der Waals surface area (Å²) in [5.74, 6) is -2.72. The highest BCUT2D eigenvalue weighted by atomic mass is 35.5. The number of alkyl halides is 2. The van der Waals surface area contributed by atoms with Gasteiger partial charge < -0.3 is 4.90 Å². The number of aryl methyl sites for hydroxylation is 1. The zero-order chi connectivity index (χ0) is 18.5. The maximum atomic E-state index is 13.5. The van der Waals surface area contributed by atoms with Crippen molar-refractivity contribution in [3.05, 3.63) is 37.7 Å². The number of rotatable bonds is 3. The number of halogens is 3. The van der Waals surface area contributed by atoms with Gasteiger partial charge in [0.15, 0.2) is 0 Å². The van der Waals surface area contributed by atoms with Crippen LogP contribution in [0.4, 0.5) is 8.78 Å². The van der Waals surface area contributed by atoms with Crippen LogP contribution in [0.2, 0.25) is 4.34 Å². The second kappa shape index (κ2) is 6.45. The topological polar surface area (TPSA) is 60.1 Å². The number of fused-ring (bicyclic) bond motifs is 1. The lowest BCUT2D eigenvalue weighted by molar-refractivity contribution is -0.135. The molecule has 1 amide bonds. The number of aromatic nitrogens is 3. The van der Waals surface area contributed by atoms with Gasteiger partial charge in [0, 0.05) is 24.3 Å². The zero-order valence-electron chi connectivity index (χ0n) is 13.8. The van der Waals surface area contributed by atoms with Gasteiger partial charge in [-0.15, -0.1) is 11.3 Å². The summed E-state index contributed by atoms with van der Waals surface area (Å²) in [5, 5.41) is 4.35. The molecule has 140 valence electrons. The van der Waals surface area contributed by atoms with Gasteiger partial charge in [-0.2, -0.15) is 5.10 Å². The minimum Gasteiger partial charge on any atom is -0.335 e. The normalized spacial score (nSPS) is 21.8. The highest BCUT2D eigenvalue weighted by molar-refractivity contribution is 7.16. The van der Waals surface area contributed by atoms with E-state index in [2.05, 4.69) is 5.10 Å². The smallest absolute Gasteiger partial charge is 0.335 e. The van der Waals surface area contributed by atoms with Gasteiger partial charge >= 0.3 is 5.69 Å². The highest BCUT2D eigenvalue weighted by Gasteiger charge is 2.43. The van der Waals surface area contributed by atoms with Crippen LogP contribution in [-0.4, -0.2) is 44.2 Å². The van der Waals surface area contributed by atoms with Crippen LogP contribution in [0.25, 0.3) is 0 Å². The Bertz CT molecular complexity index is 906. The number of nitrogens with zero attached hydrogens (tertiary/aromatic N) is 4. The van der Waals surface area contributed by atoms with E-state index in [9.17, 15) is 18.4 Å². The third-order valence-electron chi connectivity index (χ3n) is 4.83. The predicted molar refractivity (Wildman–Crippen MR) is 93.0 cm³/mol. The summed E-state index contributed by atoms with van der Waals surface area (Å²) < 4.78 is 30.2. The third kappa shape index (κ3) is 3.18. The Morgan fingerprint density at radius 1 is 1.42 bits per heavy atom. The summed E-state index contributed by atoms with van der Waals surface area (Å²) in [6.45, 7) is -0.276. The summed E-state index contributed by atoms with van der Waals surface area (Å²) in [6.07, 6.45) is 1.42. The quantitative estimate of drug-likeness (QED) is 0.792. The molecule has 0 bridgehead atoms. The molecule has 6 nitrogen and oxygen atoms in total. The van der Waals surface area contributed by atoms with Crippen molar-refractivity contribution in [2.24, 2.45) is 0 Å². The van der Waals surface area contributed by atoms with Crippen LogP contribution in [0.3, 0.4) is 0 Å². The molecule has 0 N–H and O–H groups in total. The molecule has 2 aliphatic heterocycles. The van der Waals surface area contributed by atoms with Crippen LogP contribution in [0, 0.1) is 0 Å². The van der Waals surface area contributed by atoms with E-state index in [1.54, 1.807) is 6.07 Å². The molecule has 1 unspecified atom stereocenters. The summed E-state index contributed by atoms with van der Waals surface area (Å²) >= 11 is 7.28. The number of thiophene rings is 1. The molecule has 4 heterocycles. The number of amides is 1. The van der Waals surface area contributed by atoms with Gasteiger partial charge in [-0.05, 0) is 25.0 Å². The first-order valence-electron chi connectivity index (χ1n) is 8.43. The number of carbonyl (C=O) groups excluding carboxylic acids is 1. The van der Waals surface area contributed by atoms with E-state index >= 15 is 0 Å². The van der Waals surface area contributed by atoms with Crippen LogP contribution in [-0.2, 0) is 17.8 Å². The van der Waals surface area contributed by atoms with Gasteiger partial charge in [0.2, 0.25) is 5.91 Å². The van der Waals surface area contributed by atoms with Crippen molar-refractivity contribution in [3.63, 3.8) is 0 Å². The Balaban J connectivity index is 1.62. The van der Waals surface area contributed by atoms with E-state index in [0.29, 0.717) is 29.4 Å². The number of likely N-dealkylation sites (tertiary alicyclic amines) is 1. The molecule has 0 saturated carbocycles. The summed E-state index contributed by atoms with van der Waals surface area (Å²) in [6, 6.07) is 2.83. The minimum absolute atomic E-state index is 0.0221. The second-order valence-electron chi connectivity index (χ2n) is 6.71. The zero-order valence-corrected chi connectivity index (χ0v) is 15.4. The van der Waals surface area contributed by atoms with E-state index in [4.69, 9.17) is 11.6 Å². The van der Waals surface area contributed by atoms with Gasteiger partial charge in [-0.1, -0.05) is 11.6 Å². The minimum atomic E-state index is -2.85. The van der Waals surface area contributed by atoms with Crippen molar-refractivity contribution in [2.75, 3.05) is 13.1 Å². The summed E-state index contributed by atoms with van der Waals surface area (Å²) in [4.78, 5) is 27.6. The molecule has 26 heavy (non-hydrogen) atoms. The second-order valence-corrected chi connectivity index (χ2v) is 8.51. The molecule has 2 aromatic heterocycles. The predicted octanol–water partition coefficient (Wildman–Crippen LogP) is 2.55. The molecule has 0 spiro atoms. The molecule has 2 aromatic rings. The highest BCUT2D eigenvalue weighted by Crippen LogP contribution is 2.31. The Hall–Kier alpha value is -1.74. The van der Waals surface area contributed by atoms with Gasteiger partial charge in [0.25, 0.3) is 5.92 Å². The molecule has 4 rings (SSSR count). The van der Waals surface area contributed by atoms with Crippen molar-refractivity contribution < 1.29 is 13.6 Å². The SMILES string of the molecule is O=C(C1CCCc2nn(Cc3ccc(Cl)s3)c(=O)n21)N1CCC(F)(F)C1. The maximum Gasteiger partial charge on any atom is 0.347 e. The molecule has 1 fully saturated rings. The first-order chi connectivity index (χ1) is 12.3. The fourth-order valence-corrected chi connectivity index (χ4v) is 4.66. The summed E-state index contributed by atoms with van der Waals surface area (Å²) in [5.41, 5.74) is -0.381. The van der Waals surface area contributed by atoms with Gasteiger partial charge in [0.05, 0.1) is 17.4 Å². The monoisotopic (exact) mass is 402 g/mol.